The van der Waals surface area contributed by atoms with Crippen LogP contribution in [0.4, 0.5) is 5.69 Å². The molecule has 9 heteroatoms. The summed E-state index contributed by atoms with van der Waals surface area (Å²) in [4.78, 5) is 20.9. The number of pyridine rings is 1. The van der Waals surface area contributed by atoms with Crippen LogP contribution in [0.5, 0.6) is 0 Å². The molecule has 2 heterocycles. The Kier molecular flexibility index (Phi) is 6.74. The third kappa shape index (κ3) is 5.09. The van der Waals surface area contributed by atoms with Crippen molar-refractivity contribution in [1.29, 1.82) is 0 Å². The molecule has 1 fully saturated rings. The zero-order valence-corrected chi connectivity index (χ0v) is 18.9. The van der Waals surface area contributed by atoms with E-state index in [9.17, 15) is 13.2 Å². The SMILES string of the molecule is O=C(c1ccc(Cl)c(S(=O)(=O)NCc2ccccc2)c1)N1CCN(c2ccncc2)CC1. The van der Waals surface area contributed by atoms with Crippen molar-refractivity contribution in [2.75, 3.05) is 31.1 Å². The van der Waals surface area contributed by atoms with Gasteiger partial charge in [0.15, 0.2) is 0 Å². The van der Waals surface area contributed by atoms with Crippen LogP contribution in [0.3, 0.4) is 0 Å². The van der Waals surface area contributed by atoms with Crippen molar-refractivity contribution < 1.29 is 13.2 Å². The van der Waals surface area contributed by atoms with Gasteiger partial charge in [-0.25, -0.2) is 13.1 Å². The lowest BCUT2D eigenvalue weighted by molar-refractivity contribution is 0.0746. The summed E-state index contributed by atoms with van der Waals surface area (Å²) in [5, 5.41) is 0.0737. The number of benzene rings is 2. The molecule has 0 aliphatic carbocycles. The molecule has 1 aromatic heterocycles. The Morgan fingerprint density at radius 2 is 1.66 bits per heavy atom. The van der Waals surface area contributed by atoms with Crippen LogP contribution in [0.15, 0.2) is 78.0 Å². The van der Waals surface area contributed by atoms with Crippen LogP contribution < -0.4 is 9.62 Å². The van der Waals surface area contributed by atoms with Gasteiger partial charge in [-0.3, -0.25) is 9.78 Å². The first-order chi connectivity index (χ1) is 15.4. The van der Waals surface area contributed by atoms with Gasteiger partial charge in [-0.1, -0.05) is 41.9 Å². The van der Waals surface area contributed by atoms with Gasteiger partial charge >= 0.3 is 0 Å². The van der Waals surface area contributed by atoms with E-state index in [2.05, 4.69) is 14.6 Å². The van der Waals surface area contributed by atoms with E-state index in [1.807, 2.05) is 42.5 Å². The predicted octanol–water partition coefficient (Wildman–Crippen LogP) is 3.18. The lowest BCUT2D eigenvalue weighted by atomic mass is 10.1. The number of anilines is 1. The third-order valence-electron chi connectivity index (χ3n) is 5.37. The Balaban J connectivity index is 1.45. The molecule has 0 radical (unpaired) electrons. The van der Waals surface area contributed by atoms with E-state index in [0.29, 0.717) is 31.7 Å². The number of hydrogen-bond acceptors (Lipinski definition) is 5. The van der Waals surface area contributed by atoms with Crippen molar-refractivity contribution in [2.45, 2.75) is 11.4 Å². The first-order valence-corrected chi connectivity index (χ1v) is 12.1. The van der Waals surface area contributed by atoms with E-state index < -0.39 is 10.0 Å². The Labute approximate surface area is 192 Å². The number of hydrogen-bond donors (Lipinski definition) is 1. The van der Waals surface area contributed by atoms with E-state index in [1.54, 1.807) is 23.4 Å². The smallest absolute Gasteiger partial charge is 0.254 e. The fraction of sp³-hybridized carbons (Fsp3) is 0.217. The summed E-state index contributed by atoms with van der Waals surface area (Å²) in [5.41, 5.74) is 2.19. The van der Waals surface area contributed by atoms with Gasteiger partial charge in [0.05, 0.1) is 5.02 Å². The van der Waals surface area contributed by atoms with Gasteiger partial charge in [-0.15, -0.1) is 0 Å². The van der Waals surface area contributed by atoms with Crippen molar-refractivity contribution in [3.63, 3.8) is 0 Å². The molecule has 0 spiro atoms. The molecule has 1 N–H and O–H groups in total. The van der Waals surface area contributed by atoms with E-state index in [4.69, 9.17) is 11.6 Å². The highest BCUT2D eigenvalue weighted by molar-refractivity contribution is 7.89. The van der Waals surface area contributed by atoms with Crippen LogP contribution in [0.1, 0.15) is 15.9 Å². The number of carbonyl (C=O) groups excluding carboxylic acids is 1. The van der Waals surface area contributed by atoms with Crippen molar-refractivity contribution >= 4 is 33.2 Å². The topological polar surface area (TPSA) is 82.6 Å². The maximum Gasteiger partial charge on any atom is 0.254 e. The summed E-state index contributed by atoms with van der Waals surface area (Å²) < 4.78 is 28.2. The molecule has 166 valence electrons. The molecule has 2 aromatic carbocycles. The van der Waals surface area contributed by atoms with Crippen molar-refractivity contribution in [2.24, 2.45) is 0 Å². The minimum Gasteiger partial charge on any atom is -0.368 e. The van der Waals surface area contributed by atoms with Crippen LogP contribution in [-0.4, -0.2) is 50.4 Å². The van der Waals surface area contributed by atoms with Gasteiger partial charge in [-0.05, 0) is 35.9 Å². The fourth-order valence-electron chi connectivity index (χ4n) is 3.60. The molecule has 1 saturated heterocycles. The van der Waals surface area contributed by atoms with E-state index >= 15 is 0 Å². The number of nitrogens with zero attached hydrogens (tertiary/aromatic N) is 3. The van der Waals surface area contributed by atoms with Gasteiger partial charge in [0.25, 0.3) is 5.91 Å². The third-order valence-corrected chi connectivity index (χ3v) is 7.25. The summed E-state index contributed by atoms with van der Waals surface area (Å²) >= 11 is 6.18. The summed E-state index contributed by atoms with van der Waals surface area (Å²) in [7, 11) is -3.89. The molecule has 0 atom stereocenters. The Hall–Kier alpha value is -2.94. The standard InChI is InChI=1S/C23H23ClN4O3S/c24-21-7-6-19(16-22(21)32(30,31)26-17-18-4-2-1-3-5-18)23(29)28-14-12-27(13-15-28)20-8-10-25-11-9-20/h1-11,16,26H,12-15,17H2. The highest BCUT2D eigenvalue weighted by Crippen LogP contribution is 2.24. The van der Waals surface area contributed by atoms with E-state index in [-0.39, 0.29) is 22.4 Å². The molecule has 7 nitrogen and oxygen atoms in total. The average molecular weight is 471 g/mol. The number of carbonyl (C=O) groups is 1. The van der Waals surface area contributed by atoms with Crippen LogP contribution >= 0.6 is 11.6 Å². The lowest BCUT2D eigenvalue weighted by Crippen LogP contribution is -2.48. The predicted molar refractivity (Wildman–Crippen MR) is 124 cm³/mol. The Bertz CT molecular complexity index is 1180. The highest BCUT2D eigenvalue weighted by Gasteiger charge is 2.25. The molecular weight excluding hydrogens is 448 g/mol. The van der Waals surface area contributed by atoms with Gasteiger partial charge in [0.2, 0.25) is 10.0 Å². The fourth-order valence-corrected chi connectivity index (χ4v) is 5.14. The van der Waals surface area contributed by atoms with Crippen molar-refractivity contribution in [1.82, 2.24) is 14.6 Å². The summed E-state index contributed by atoms with van der Waals surface area (Å²) in [6.45, 7) is 2.59. The normalized spacial score (nSPS) is 14.4. The zero-order valence-electron chi connectivity index (χ0n) is 17.3. The van der Waals surface area contributed by atoms with E-state index in [1.165, 1.54) is 12.1 Å². The lowest BCUT2D eigenvalue weighted by Gasteiger charge is -2.36. The van der Waals surface area contributed by atoms with Crippen molar-refractivity contribution in [3.05, 3.63) is 89.2 Å². The number of piperazine rings is 1. The highest BCUT2D eigenvalue weighted by atomic mass is 35.5. The molecule has 1 aliphatic rings. The Morgan fingerprint density at radius 1 is 0.969 bits per heavy atom. The minimum atomic E-state index is -3.89. The van der Waals surface area contributed by atoms with Crippen molar-refractivity contribution in [3.8, 4) is 0 Å². The molecule has 0 saturated carbocycles. The number of amides is 1. The maximum atomic E-state index is 13.1. The minimum absolute atomic E-state index is 0.0737. The maximum absolute atomic E-state index is 13.1. The van der Waals surface area contributed by atoms with E-state index in [0.717, 1.165) is 11.3 Å². The summed E-state index contributed by atoms with van der Waals surface area (Å²) in [6.07, 6.45) is 3.49. The molecular formula is C23H23ClN4O3S. The second kappa shape index (κ2) is 9.68. The molecule has 32 heavy (non-hydrogen) atoms. The second-order valence-corrected chi connectivity index (χ2v) is 9.58. The van der Waals surface area contributed by atoms with Crippen LogP contribution in [0.2, 0.25) is 5.02 Å². The van der Waals surface area contributed by atoms with Crippen LogP contribution in [0, 0.1) is 0 Å². The average Bonchev–Trinajstić information content (AvgIpc) is 2.84. The number of nitrogens with one attached hydrogen (secondary N) is 1. The molecule has 1 aliphatic heterocycles. The van der Waals surface area contributed by atoms with Gasteiger partial charge < -0.3 is 9.80 Å². The first-order valence-electron chi connectivity index (χ1n) is 10.2. The molecule has 1 amide bonds. The summed E-state index contributed by atoms with van der Waals surface area (Å²) in [6, 6.07) is 17.5. The molecule has 0 bridgehead atoms. The van der Waals surface area contributed by atoms with Gasteiger partial charge in [0, 0.05) is 56.4 Å². The zero-order chi connectivity index (χ0) is 22.6. The quantitative estimate of drug-likeness (QED) is 0.598. The molecule has 3 aromatic rings. The number of aromatic nitrogens is 1. The van der Waals surface area contributed by atoms with Crippen LogP contribution in [-0.2, 0) is 16.6 Å². The molecule has 4 rings (SSSR count). The second-order valence-electron chi connectivity index (χ2n) is 7.44. The first kappa shape index (κ1) is 22.3. The number of sulfonamides is 1. The number of rotatable bonds is 6. The summed E-state index contributed by atoms with van der Waals surface area (Å²) in [5.74, 6) is -0.212. The Morgan fingerprint density at radius 3 is 2.34 bits per heavy atom. The van der Waals surface area contributed by atoms with Crippen LogP contribution in [0.25, 0.3) is 0 Å². The monoisotopic (exact) mass is 470 g/mol. The largest absolute Gasteiger partial charge is 0.368 e. The number of halogens is 1. The van der Waals surface area contributed by atoms with Gasteiger partial charge in [-0.2, -0.15) is 0 Å². The van der Waals surface area contributed by atoms with Gasteiger partial charge in [0.1, 0.15) is 4.90 Å². The molecule has 0 unspecified atom stereocenters.